The van der Waals surface area contributed by atoms with E-state index in [9.17, 15) is 55.9 Å². The topological polar surface area (TPSA) is 487 Å². The van der Waals surface area contributed by atoms with Crippen molar-refractivity contribution in [2.75, 3.05) is 7.11 Å². The number of carbonyl (C=O) groups is 8. The van der Waals surface area contributed by atoms with Gasteiger partial charge in [-0.05, 0) is 245 Å². The van der Waals surface area contributed by atoms with Crippen molar-refractivity contribution in [3.05, 3.63) is 235 Å². The second-order valence-electron chi connectivity index (χ2n) is 32.2. The van der Waals surface area contributed by atoms with Crippen molar-refractivity contribution in [3.63, 3.8) is 0 Å². The summed E-state index contributed by atoms with van der Waals surface area (Å²) in [6, 6.07) is 26.6. The van der Waals surface area contributed by atoms with E-state index in [2.05, 4.69) is 152 Å². The van der Waals surface area contributed by atoms with Gasteiger partial charge in [-0.3, -0.25) is 10.5 Å². The Morgan fingerprint density at radius 2 is 0.847 bits per heavy atom. The van der Waals surface area contributed by atoms with Gasteiger partial charge in [0.05, 0.1) is 21.6 Å². The van der Waals surface area contributed by atoms with Gasteiger partial charge >= 0.3 is 122 Å². The number of carboxylic acids is 5. The zero-order valence-corrected chi connectivity index (χ0v) is 78.9. The molecule has 12 heterocycles. The SMILES string of the molecule is CC(C)(C)OC(=O)/C=C/c1ccc(Br)c(F)c1.CC1(c2cc(C(=O)O)nc3cc(Br)nn23)CC1.COC(=O)c1cc(C)n2nbcc2n1.Cc1cc(C(=O)O)nc2cc(-c3ccc(/C=C/C(=O)OC(C)(C)C)cc3F)nn12.O=C(O)c1cc(C2CC(F)(F)C2)n2nc(Br)cc2n1.O=C(O)c1cc(C2CC2)n2nc(Br)cc2n1.O=C(O)c1cc(C2CCC2)n2nc(Br)cc2n1.OO. The Hall–Kier alpha value is -12.4. The Kier molecular flexibility index (Phi) is 31.3. The van der Waals surface area contributed by atoms with E-state index in [0.29, 0.717) is 103 Å². The molecule has 14 aromatic rings. The second-order valence-corrected chi connectivity index (χ2v) is 36.3. The summed E-state index contributed by atoms with van der Waals surface area (Å²) in [6.45, 7) is 16.3. The number of aromatic nitrogens is 18. The van der Waals surface area contributed by atoms with Gasteiger partial charge in [0, 0.05) is 101 Å². The van der Waals surface area contributed by atoms with Gasteiger partial charge in [0.15, 0.2) is 56.7 Å². The van der Waals surface area contributed by atoms with Crippen LogP contribution in [0.4, 0.5) is 17.6 Å². The van der Waals surface area contributed by atoms with Crippen LogP contribution in [0.1, 0.15) is 232 Å². The van der Waals surface area contributed by atoms with Crippen molar-refractivity contribution in [1.29, 1.82) is 0 Å². The van der Waals surface area contributed by atoms with Crippen molar-refractivity contribution < 1.29 is 106 Å². The molecule has 0 aliphatic heterocycles. The maximum atomic E-state index is 14.7. The molecular formula is C85H80BBr5F4N18O18. The molecule has 4 aliphatic carbocycles. The molecule has 0 amide bonds. The van der Waals surface area contributed by atoms with E-state index in [1.807, 2.05) is 6.92 Å². The maximum absolute atomic E-state index is 14.7. The van der Waals surface area contributed by atoms with Gasteiger partial charge in [0.2, 0.25) is 5.92 Å². The van der Waals surface area contributed by atoms with Crippen LogP contribution in [0, 0.1) is 25.5 Å². The normalized spacial score (nSPS) is 14.2. The first-order chi connectivity index (χ1) is 61.7. The van der Waals surface area contributed by atoms with Crippen LogP contribution < -0.4 is 0 Å². The zero-order chi connectivity index (χ0) is 95.8. The smallest absolute Gasteiger partial charge is 0.354 e. The third kappa shape index (κ3) is 25.7. The number of alkyl halides is 2. The van der Waals surface area contributed by atoms with E-state index in [-0.39, 0.29) is 58.1 Å². The number of rotatable bonds is 15. The summed E-state index contributed by atoms with van der Waals surface area (Å²) in [5.41, 5.74) is 8.55. The van der Waals surface area contributed by atoms with Crippen LogP contribution in [0.3, 0.4) is 0 Å². The fourth-order valence-electron chi connectivity index (χ4n) is 13.1. The average Bonchev–Trinajstić information content (AvgIpc) is 1.57. The van der Waals surface area contributed by atoms with E-state index in [1.165, 1.54) is 77.2 Å². The van der Waals surface area contributed by atoms with Gasteiger partial charge in [0.25, 0.3) is 0 Å². The first kappa shape index (κ1) is 99.2. The van der Waals surface area contributed by atoms with Gasteiger partial charge in [-0.1, -0.05) is 25.5 Å². The maximum Gasteiger partial charge on any atom is 0.354 e. The number of carboxylic acid groups (broad SMARTS) is 5. The van der Waals surface area contributed by atoms with Gasteiger partial charge in [0.1, 0.15) is 41.2 Å². The third-order valence-electron chi connectivity index (χ3n) is 19.8. The number of aromatic carboxylic acids is 5. The number of carbonyl (C=O) groups excluding carboxylic acids is 3. The summed E-state index contributed by atoms with van der Waals surface area (Å²) < 4.78 is 81.2. The number of fused-ring (bicyclic) bond motifs is 6. The zero-order valence-electron chi connectivity index (χ0n) is 70.9. The number of methoxy groups -OCH3 is 1. The summed E-state index contributed by atoms with van der Waals surface area (Å²) in [4.78, 5) is 114. The molecule has 684 valence electrons. The Labute approximate surface area is 782 Å². The van der Waals surface area contributed by atoms with Crippen molar-refractivity contribution in [3.8, 4) is 11.3 Å². The van der Waals surface area contributed by atoms with Crippen LogP contribution in [0.2, 0.25) is 0 Å². The molecule has 131 heavy (non-hydrogen) atoms. The fourth-order valence-corrected chi connectivity index (χ4v) is 14.8. The van der Waals surface area contributed by atoms with Crippen molar-refractivity contribution in [1.82, 2.24) is 87.5 Å². The van der Waals surface area contributed by atoms with Crippen molar-refractivity contribution in [2.24, 2.45) is 0 Å². The van der Waals surface area contributed by atoms with E-state index < -0.39 is 76.6 Å². The van der Waals surface area contributed by atoms with Crippen LogP contribution in [0.25, 0.3) is 57.3 Å². The molecule has 46 heteroatoms. The van der Waals surface area contributed by atoms with Crippen molar-refractivity contribution >= 4 is 180 Å². The molecule has 36 nitrogen and oxygen atoms in total. The van der Waals surface area contributed by atoms with Gasteiger partial charge in [-0.25, -0.2) is 98.6 Å². The summed E-state index contributed by atoms with van der Waals surface area (Å²) in [6.07, 6.45) is 12.6. The number of hydrogen-bond donors (Lipinski definition) is 7. The molecule has 0 radical (unpaired) electrons. The number of ether oxygens (including phenoxy) is 3. The summed E-state index contributed by atoms with van der Waals surface area (Å²) in [7, 11) is 2.97. The fraction of sp³-hybridized carbons (Fsp3) is 0.306. The van der Waals surface area contributed by atoms with Gasteiger partial charge in [-0.2, -0.15) is 25.5 Å². The largest absolute Gasteiger partial charge is 0.477 e. The standard InChI is InChI=1S/C21H20FN3O4.C13H14BrFO2.C11H8BrF2N3O2.2C11H10BrN3O2.C10H8BrN3O2.C8H8BN3O2.H2O2/c1-12-9-17(20(27)28)23-18-11-16(24-25(12)18)14-7-5-13(10-15(14)22)6-8-19(26)29-21(2,3)4;1-13(2,3)17-12(16)7-5-9-4-6-10(14)11(15)8-9;12-8-2-9-15-6(10(18)19)1-7(17(9)16-8)5-3-11(13,14)4-5;1-11(2-3-11)7-4-6(10(16)17)13-9-5-8(12)14-15(7)9;12-9-5-10-13-7(11(16)17)4-8(15(10)14-9)6-2-1-3-6;11-8-4-9-12-6(10(15)16)3-7(5-1-2-5)14(9)13-8;1-5-3-6(8(13)14-2)10-7-4-9-11-12(5)7;1-2/h5-11H,1-4H3,(H,27,28);4-8H,1-3H3;1-2,5H,3-4H2,(H,18,19);4-5H,2-3H2,1H3,(H,16,17);4-6H,1-3H2,(H,16,17);3-5H,1-2H2,(H,15,16);3-4H,1-2H3;1-2H/b8-6+;7-5+;;;;;;. The summed E-state index contributed by atoms with van der Waals surface area (Å²) >= 11 is 16.1. The number of benzene rings is 2. The first-order valence-electron chi connectivity index (χ1n) is 39.5. The number of esters is 3. The van der Waals surface area contributed by atoms with Crippen LogP contribution in [-0.4, -0.2) is 203 Å². The van der Waals surface area contributed by atoms with Crippen LogP contribution >= 0.6 is 79.6 Å². The monoisotopic (exact) mass is 2120 g/mol. The second kappa shape index (κ2) is 41.4. The molecule has 7 N–H and O–H groups in total. The number of aryl methyl sites for hydroxylation is 2. The van der Waals surface area contributed by atoms with Gasteiger partial charge in [-0.15, -0.1) is 0 Å². The molecule has 4 saturated carbocycles. The van der Waals surface area contributed by atoms with Gasteiger partial charge < -0.3 is 35.0 Å². The van der Waals surface area contributed by atoms with E-state index in [4.69, 9.17) is 45.5 Å². The summed E-state index contributed by atoms with van der Waals surface area (Å²) in [5, 5.41) is 82.5. The van der Waals surface area contributed by atoms with Crippen LogP contribution in [-0.2, 0) is 29.2 Å². The predicted octanol–water partition coefficient (Wildman–Crippen LogP) is 17.5. The molecule has 0 bridgehead atoms. The van der Waals surface area contributed by atoms with Crippen molar-refractivity contribution in [2.45, 2.75) is 160 Å². The number of nitrogens with zero attached hydrogens (tertiary/aromatic N) is 18. The molecule has 12 aromatic heterocycles. The van der Waals surface area contributed by atoms with E-state index in [1.54, 1.807) is 152 Å². The van der Waals surface area contributed by atoms with E-state index in [0.717, 1.165) is 61.3 Å². The average molecular weight is 2130 g/mol. The third-order valence-corrected chi connectivity index (χ3v) is 22.0. The molecule has 4 aliphatic rings. The predicted molar refractivity (Wildman–Crippen MR) is 482 cm³/mol. The molecule has 0 spiro atoms. The molecule has 0 saturated heterocycles. The minimum Gasteiger partial charge on any atom is -0.477 e. The first-order valence-corrected chi connectivity index (χ1v) is 43.5. The Bertz CT molecular complexity index is 6830. The number of halogens is 9. The van der Waals surface area contributed by atoms with Crippen LogP contribution in [0.15, 0.2) is 144 Å². The van der Waals surface area contributed by atoms with Crippen LogP contribution in [0.5, 0.6) is 0 Å². The quantitative estimate of drug-likeness (QED) is 0.0125. The minimum atomic E-state index is -2.67. The number of hydrogen-bond acceptors (Lipinski definition) is 25. The molecule has 4 fully saturated rings. The molecule has 0 unspecified atom stereocenters. The molecule has 0 atom stereocenters. The Balaban J connectivity index is 0.000000149. The van der Waals surface area contributed by atoms with E-state index >= 15 is 0 Å². The Morgan fingerprint density at radius 3 is 1.24 bits per heavy atom. The minimum absolute atomic E-state index is 0.0385. The Morgan fingerprint density at radius 1 is 0.466 bits per heavy atom. The summed E-state index contributed by atoms with van der Waals surface area (Å²) in [5.74, 6) is -8.12. The molecule has 2 aromatic carbocycles. The molecule has 18 rings (SSSR count). The molecular weight excluding hydrogens is 2050 g/mol.